The second-order valence-corrected chi connectivity index (χ2v) is 8.12. The third kappa shape index (κ3) is 2.99. The van der Waals surface area contributed by atoms with Crippen LogP contribution < -0.4 is 4.90 Å². The first-order valence-electron chi connectivity index (χ1n) is 6.73. The Labute approximate surface area is 131 Å². The van der Waals surface area contributed by atoms with Crippen molar-refractivity contribution < 1.29 is 17.2 Å². The fraction of sp³-hybridized carbons (Fsp3) is 0.286. The van der Waals surface area contributed by atoms with Crippen LogP contribution >= 0.6 is 11.3 Å². The molecule has 1 aliphatic rings. The summed E-state index contributed by atoms with van der Waals surface area (Å²) in [6.07, 6.45) is 0. The molecule has 0 N–H and O–H groups in total. The Kier molecular flexibility index (Phi) is 4.16. The van der Waals surface area contributed by atoms with E-state index >= 15 is 0 Å². The quantitative estimate of drug-likeness (QED) is 0.859. The SMILES string of the molecule is O=S(=O)(c1ccc(F)s1)N1CCN(c2ccc(F)cc2)CC1. The molecule has 118 valence electrons. The van der Waals surface area contributed by atoms with E-state index in [1.807, 2.05) is 4.90 Å². The maximum absolute atomic E-state index is 13.0. The number of benzene rings is 1. The second-order valence-electron chi connectivity index (χ2n) is 4.93. The average Bonchev–Trinajstić information content (AvgIpc) is 2.96. The highest BCUT2D eigenvalue weighted by Crippen LogP contribution is 2.25. The van der Waals surface area contributed by atoms with E-state index in [9.17, 15) is 17.2 Å². The van der Waals surface area contributed by atoms with Gasteiger partial charge in [0.1, 0.15) is 10.0 Å². The largest absolute Gasteiger partial charge is 0.369 e. The Morgan fingerprint density at radius 1 is 0.909 bits per heavy atom. The van der Waals surface area contributed by atoms with Crippen LogP contribution in [0.15, 0.2) is 40.6 Å². The van der Waals surface area contributed by atoms with Gasteiger partial charge in [-0.25, -0.2) is 12.8 Å². The number of hydrogen-bond acceptors (Lipinski definition) is 4. The summed E-state index contributed by atoms with van der Waals surface area (Å²) in [4.78, 5) is 2.00. The molecule has 8 heteroatoms. The molecule has 2 aromatic rings. The van der Waals surface area contributed by atoms with Crippen LogP contribution in [0.4, 0.5) is 14.5 Å². The zero-order valence-electron chi connectivity index (χ0n) is 11.6. The lowest BCUT2D eigenvalue weighted by Crippen LogP contribution is -2.48. The summed E-state index contributed by atoms with van der Waals surface area (Å²) >= 11 is 0.636. The standard InChI is InChI=1S/C14H14F2N2O2S2/c15-11-1-3-12(4-2-11)17-7-9-18(10-8-17)22(19,20)14-6-5-13(16)21-14/h1-6H,7-10H2. The maximum Gasteiger partial charge on any atom is 0.252 e. The molecule has 0 radical (unpaired) electrons. The zero-order chi connectivity index (χ0) is 15.7. The van der Waals surface area contributed by atoms with E-state index in [0.717, 1.165) is 11.8 Å². The molecule has 0 bridgehead atoms. The molecule has 0 saturated carbocycles. The number of sulfonamides is 1. The molecule has 0 spiro atoms. The van der Waals surface area contributed by atoms with Crippen LogP contribution in [0.25, 0.3) is 0 Å². The molecule has 0 unspecified atom stereocenters. The number of anilines is 1. The third-order valence-corrected chi connectivity index (χ3v) is 6.81. The van der Waals surface area contributed by atoms with Crippen LogP contribution in [-0.2, 0) is 10.0 Å². The fourth-order valence-corrected chi connectivity index (χ4v) is 4.98. The Balaban J connectivity index is 1.70. The third-order valence-electron chi connectivity index (χ3n) is 3.57. The molecule has 2 heterocycles. The van der Waals surface area contributed by atoms with Gasteiger partial charge >= 0.3 is 0 Å². The highest BCUT2D eigenvalue weighted by molar-refractivity contribution is 7.91. The zero-order valence-corrected chi connectivity index (χ0v) is 13.2. The highest BCUT2D eigenvalue weighted by atomic mass is 32.2. The molecule has 1 saturated heterocycles. The molecule has 4 nitrogen and oxygen atoms in total. The van der Waals surface area contributed by atoms with E-state index in [2.05, 4.69) is 0 Å². The predicted octanol–water partition coefficient (Wildman–Crippen LogP) is 2.54. The van der Waals surface area contributed by atoms with E-state index in [0.29, 0.717) is 37.5 Å². The van der Waals surface area contributed by atoms with E-state index in [-0.39, 0.29) is 10.0 Å². The first kappa shape index (κ1) is 15.4. The van der Waals surface area contributed by atoms with Gasteiger partial charge in [-0.3, -0.25) is 0 Å². The fourth-order valence-electron chi connectivity index (χ4n) is 2.40. The Morgan fingerprint density at radius 2 is 1.55 bits per heavy atom. The van der Waals surface area contributed by atoms with Gasteiger partial charge in [0.05, 0.1) is 0 Å². The van der Waals surface area contributed by atoms with Crippen molar-refractivity contribution in [3.63, 3.8) is 0 Å². The number of nitrogens with zero attached hydrogens (tertiary/aromatic N) is 2. The molecule has 0 atom stereocenters. The van der Waals surface area contributed by atoms with Crippen molar-refractivity contribution in [1.82, 2.24) is 4.31 Å². The van der Waals surface area contributed by atoms with Gasteiger partial charge in [-0.1, -0.05) is 11.3 Å². The first-order valence-corrected chi connectivity index (χ1v) is 8.98. The van der Waals surface area contributed by atoms with Crippen molar-refractivity contribution in [3.8, 4) is 0 Å². The van der Waals surface area contributed by atoms with E-state index in [1.165, 1.54) is 22.5 Å². The lowest BCUT2D eigenvalue weighted by molar-refractivity contribution is 0.386. The monoisotopic (exact) mass is 344 g/mol. The van der Waals surface area contributed by atoms with Crippen molar-refractivity contribution in [2.75, 3.05) is 31.1 Å². The second kappa shape index (κ2) is 5.94. The van der Waals surface area contributed by atoms with E-state index in [1.54, 1.807) is 12.1 Å². The van der Waals surface area contributed by atoms with Gasteiger partial charge in [0.25, 0.3) is 10.0 Å². The van der Waals surface area contributed by atoms with Crippen LogP contribution in [-0.4, -0.2) is 38.9 Å². The molecule has 1 aromatic heterocycles. The Hall–Kier alpha value is -1.51. The minimum Gasteiger partial charge on any atom is -0.369 e. The van der Waals surface area contributed by atoms with Gasteiger partial charge in [0.15, 0.2) is 5.13 Å². The van der Waals surface area contributed by atoms with Crippen LogP contribution in [0.1, 0.15) is 0 Å². The summed E-state index contributed by atoms with van der Waals surface area (Å²) in [5.74, 6) is -0.301. The van der Waals surface area contributed by atoms with Crippen molar-refractivity contribution in [3.05, 3.63) is 47.3 Å². The highest BCUT2D eigenvalue weighted by Gasteiger charge is 2.29. The summed E-state index contributed by atoms with van der Waals surface area (Å²) in [7, 11) is -3.63. The van der Waals surface area contributed by atoms with E-state index in [4.69, 9.17) is 0 Å². The molecule has 0 amide bonds. The van der Waals surface area contributed by atoms with Gasteiger partial charge in [0.2, 0.25) is 0 Å². The van der Waals surface area contributed by atoms with Crippen LogP contribution in [0.2, 0.25) is 0 Å². The van der Waals surface area contributed by atoms with E-state index < -0.39 is 15.2 Å². The lowest BCUT2D eigenvalue weighted by Gasteiger charge is -2.35. The topological polar surface area (TPSA) is 40.6 Å². The Bertz CT molecular complexity index is 751. The molecule has 3 rings (SSSR count). The van der Waals surface area contributed by atoms with Gasteiger partial charge < -0.3 is 4.90 Å². The number of rotatable bonds is 3. The molecule has 0 aliphatic carbocycles. The van der Waals surface area contributed by atoms with Crippen molar-refractivity contribution in [1.29, 1.82) is 0 Å². The smallest absolute Gasteiger partial charge is 0.252 e. The summed E-state index contributed by atoms with van der Waals surface area (Å²) in [6, 6.07) is 8.57. The summed E-state index contributed by atoms with van der Waals surface area (Å²) in [6.45, 7) is 1.66. The minimum absolute atomic E-state index is 0.0280. The van der Waals surface area contributed by atoms with Crippen molar-refractivity contribution >= 4 is 27.0 Å². The van der Waals surface area contributed by atoms with Gasteiger partial charge in [-0.05, 0) is 36.4 Å². The van der Waals surface area contributed by atoms with Crippen LogP contribution in [0, 0.1) is 10.9 Å². The molecular formula is C14H14F2N2O2S2. The molecular weight excluding hydrogens is 330 g/mol. The minimum atomic E-state index is -3.63. The predicted molar refractivity (Wildman–Crippen MR) is 81.6 cm³/mol. The first-order chi connectivity index (χ1) is 10.5. The summed E-state index contributed by atoms with van der Waals surface area (Å²) < 4.78 is 52.1. The molecule has 1 fully saturated rings. The number of thiophene rings is 1. The average molecular weight is 344 g/mol. The van der Waals surface area contributed by atoms with Crippen molar-refractivity contribution in [2.45, 2.75) is 4.21 Å². The number of halogens is 2. The Morgan fingerprint density at radius 3 is 2.09 bits per heavy atom. The van der Waals surface area contributed by atoms with Gasteiger partial charge in [0, 0.05) is 31.9 Å². The number of piperazine rings is 1. The molecule has 1 aromatic carbocycles. The summed E-state index contributed by atoms with van der Waals surface area (Å²) in [5.41, 5.74) is 0.862. The summed E-state index contributed by atoms with van der Waals surface area (Å²) in [5, 5.41) is -0.511. The van der Waals surface area contributed by atoms with Crippen LogP contribution in [0.3, 0.4) is 0 Å². The van der Waals surface area contributed by atoms with Crippen LogP contribution in [0.5, 0.6) is 0 Å². The molecule has 1 aliphatic heterocycles. The van der Waals surface area contributed by atoms with Crippen molar-refractivity contribution in [2.24, 2.45) is 0 Å². The number of hydrogen-bond donors (Lipinski definition) is 0. The van der Waals surface area contributed by atoms with Gasteiger partial charge in [-0.15, -0.1) is 0 Å². The maximum atomic E-state index is 13.0. The molecule has 22 heavy (non-hydrogen) atoms. The van der Waals surface area contributed by atoms with Gasteiger partial charge in [-0.2, -0.15) is 8.70 Å². The normalized spacial score (nSPS) is 16.9. The lowest BCUT2D eigenvalue weighted by atomic mass is 10.2.